The van der Waals surface area contributed by atoms with Crippen molar-refractivity contribution in [3.05, 3.63) is 29.8 Å². The number of rotatable bonds is 6. The topological polar surface area (TPSA) is 65.3 Å². The molecule has 0 radical (unpaired) electrons. The summed E-state index contributed by atoms with van der Waals surface area (Å²) < 4.78 is 5.52. The average Bonchev–Trinajstić information content (AvgIpc) is 3.19. The van der Waals surface area contributed by atoms with Crippen LogP contribution in [0.25, 0.3) is 0 Å². The van der Waals surface area contributed by atoms with E-state index in [4.69, 9.17) is 10.00 Å². The van der Waals surface area contributed by atoms with E-state index in [1.165, 1.54) is 12.8 Å². The van der Waals surface area contributed by atoms with Crippen molar-refractivity contribution in [3.63, 3.8) is 0 Å². The molecule has 2 rings (SSSR count). The van der Waals surface area contributed by atoms with Gasteiger partial charge in [-0.25, -0.2) is 0 Å². The molecule has 0 saturated heterocycles. The van der Waals surface area contributed by atoms with E-state index in [-0.39, 0.29) is 6.61 Å². The van der Waals surface area contributed by atoms with Crippen molar-refractivity contribution in [2.45, 2.75) is 31.4 Å². The van der Waals surface area contributed by atoms with Gasteiger partial charge in [0.05, 0.1) is 11.6 Å². The standard InChI is InChI=1S/C14H18N2O2/c1-14(17,9-16-12-5-6-12)10-18-13-4-2-3-11(7-13)8-15/h2-4,7,12,16-17H,5-6,9-10H2,1H3. The highest BCUT2D eigenvalue weighted by Gasteiger charge is 2.27. The quantitative estimate of drug-likeness (QED) is 0.797. The molecule has 1 aliphatic carbocycles. The molecule has 2 N–H and O–H groups in total. The van der Waals surface area contributed by atoms with Gasteiger partial charge in [-0.05, 0) is 38.0 Å². The fraction of sp³-hybridized carbons (Fsp3) is 0.500. The van der Waals surface area contributed by atoms with E-state index in [0.29, 0.717) is 23.9 Å². The van der Waals surface area contributed by atoms with Crippen molar-refractivity contribution in [1.82, 2.24) is 5.32 Å². The summed E-state index contributed by atoms with van der Waals surface area (Å²) in [7, 11) is 0. The summed E-state index contributed by atoms with van der Waals surface area (Å²) in [6.45, 7) is 2.48. The van der Waals surface area contributed by atoms with Crippen molar-refractivity contribution in [2.75, 3.05) is 13.2 Å². The Kier molecular flexibility index (Phi) is 3.85. The predicted molar refractivity (Wildman–Crippen MR) is 68.3 cm³/mol. The molecule has 96 valence electrons. The monoisotopic (exact) mass is 246 g/mol. The zero-order valence-electron chi connectivity index (χ0n) is 10.5. The first-order valence-electron chi connectivity index (χ1n) is 6.18. The van der Waals surface area contributed by atoms with Crippen LogP contribution in [0.1, 0.15) is 25.3 Å². The minimum absolute atomic E-state index is 0.210. The molecule has 1 aromatic carbocycles. The van der Waals surface area contributed by atoms with Gasteiger partial charge in [0.1, 0.15) is 18.0 Å². The van der Waals surface area contributed by atoms with E-state index in [1.54, 1.807) is 31.2 Å². The molecule has 1 fully saturated rings. The highest BCUT2D eigenvalue weighted by Crippen LogP contribution is 2.20. The first-order valence-corrected chi connectivity index (χ1v) is 6.18. The van der Waals surface area contributed by atoms with E-state index >= 15 is 0 Å². The molecule has 1 atom stereocenters. The zero-order valence-corrected chi connectivity index (χ0v) is 10.5. The molecule has 0 amide bonds. The molecule has 0 heterocycles. The fourth-order valence-corrected chi connectivity index (χ4v) is 1.60. The molecule has 0 bridgehead atoms. The van der Waals surface area contributed by atoms with Crippen molar-refractivity contribution >= 4 is 0 Å². The van der Waals surface area contributed by atoms with Crippen LogP contribution in [0.2, 0.25) is 0 Å². The maximum atomic E-state index is 10.1. The van der Waals surface area contributed by atoms with Gasteiger partial charge in [0.25, 0.3) is 0 Å². The molecule has 0 aliphatic heterocycles. The normalized spacial score (nSPS) is 17.8. The smallest absolute Gasteiger partial charge is 0.120 e. The number of benzene rings is 1. The maximum absolute atomic E-state index is 10.1. The first kappa shape index (κ1) is 12.9. The Morgan fingerprint density at radius 1 is 1.56 bits per heavy atom. The lowest BCUT2D eigenvalue weighted by Gasteiger charge is -2.24. The third-order valence-corrected chi connectivity index (χ3v) is 2.86. The summed E-state index contributed by atoms with van der Waals surface area (Å²) in [6, 6.07) is 9.57. The van der Waals surface area contributed by atoms with E-state index in [9.17, 15) is 5.11 Å². The average molecular weight is 246 g/mol. The SMILES string of the molecule is CC(O)(CNC1CC1)COc1cccc(C#N)c1. The van der Waals surface area contributed by atoms with Crippen LogP contribution in [0, 0.1) is 11.3 Å². The number of nitriles is 1. The summed E-state index contributed by atoms with van der Waals surface area (Å²) in [5, 5.41) is 22.2. The van der Waals surface area contributed by atoms with Crippen LogP contribution in [0.4, 0.5) is 0 Å². The number of hydrogen-bond acceptors (Lipinski definition) is 4. The highest BCUT2D eigenvalue weighted by atomic mass is 16.5. The van der Waals surface area contributed by atoms with Crippen LogP contribution in [0.5, 0.6) is 5.75 Å². The van der Waals surface area contributed by atoms with Gasteiger partial charge >= 0.3 is 0 Å². The van der Waals surface area contributed by atoms with E-state index < -0.39 is 5.60 Å². The summed E-state index contributed by atoms with van der Waals surface area (Å²) in [5.74, 6) is 0.612. The van der Waals surface area contributed by atoms with Gasteiger partial charge in [0.2, 0.25) is 0 Å². The van der Waals surface area contributed by atoms with Crippen molar-refractivity contribution in [3.8, 4) is 11.8 Å². The summed E-state index contributed by atoms with van der Waals surface area (Å²) in [6.07, 6.45) is 2.39. The van der Waals surface area contributed by atoms with Crippen LogP contribution in [-0.2, 0) is 0 Å². The summed E-state index contributed by atoms with van der Waals surface area (Å²) in [5.41, 5.74) is -0.339. The third kappa shape index (κ3) is 4.02. The Labute approximate surface area is 107 Å². The lowest BCUT2D eigenvalue weighted by molar-refractivity contribution is 0.0120. The van der Waals surface area contributed by atoms with Gasteiger partial charge in [-0.15, -0.1) is 0 Å². The number of nitrogens with one attached hydrogen (secondary N) is 1. The van der Waals surface area contributed by atoms with Crippen LogP contribution in [-0.4, -0.2) is 29.9 Å². The summed E-state index contributed by atoms with van der Waals surface area (Å²) in [4.78, 5) is 0. The molecule has 4 nitrogen and oxygen atoms in total. The van der Waals surface area contributed by atoms with Gasteiger partial charge in [-0.1, -0.05) is 6.07 Å². The van der Waals surface area contributed by atoms with Crippen LogP contribution < -0.4 is 10.1 Å². The Hall–Kier alpha value is -1.57. The van der Waals surface area contributed by atoms with Gasteiger partial charge in [0, 0.05) is 12.6 Å². The van der Waals surface area contributed by atoms with Crippen LogP contribution in [0.15, 0.2) is 24.3 Å². The third-order valence-electron chi connectivity index (χ3n) is 2.86. The van der Waals surface area contributed by atoms with Crippen LogP contribution >= 0.6 is 0 Å². The molecule has 1 saturated carbocycles. The van der Waals surface area contributed by atoms with Crippen molar-refractivity contribution in [2.24, 2.45) is 0 Å². The Morgan fingerprint density at radius 3 is 3.00 bits per heavy atom. The van der Waals surface area contributed by atoms with Crippen LogP contribution in [0.3, 0.4) is 0 Å². The van der Waals surface area contributed by atoms with E-state index in [1.807, 2.05) is 0 Å². The van der Waals surface area contributed by atoms with E-state index in [2.05, 4.69) is 11.4 Å². The molecule has 0 aromatic heterocycles. The van der Waals surface area contributed by atoms with Crippen molar-refractivity contribution < 1.29 is 9.84 Å². The number of nitrogens with zero attached hydrogens (tertiary/aromatic N) is 1. The number of ether oxygens (including phenoxy) is 1. The van der Waals surface area contributed by atoms with Gasteiger partial charge < -0.3 is 15.2 Å². The number of hydrogen-bond donors (Lipinski definition) is 2. The van der Waals surface area contributed by atoms with E-state index in [0.717, 1.165) is 0 Å². The Morgan fingerprint density at radius 2 is 2.33 bits per heavy atom. The minimum Gasteiger partial charge on any atom is -0.491 e. The second-order valence-corrected chi connectivity index (χ2v) is 5.08. The fourth-order valence-electron chi connectivity index (χ4n) is 1.60. The molecule has 1 aliphatic rings. The second-order valence-electron chi connectivity index (χ2n) is 5.08. The predicted octanol–water partition coefficient (Wildman–Crippen LogP) is 1.44. The zero-order chi connectivity index (χ0) is 13.0. The molecular weight excluding hydrogens is 228 g/mol. The highest BCUT2D eigenvalue weighted by molar-refractivity contribution is 5.36. The second kappa shape index (κ2) is 5.38. The molecule has 18 heavy (non-hydrogen) atoms. The molecule has 0 spiro atoms. The minimum atomic E-state index is -0.898. The molecule has 1 aromatic rings. The molecule has 4 heteroatoms. The maximum Gasteiger partial charge on any atom is 0.120 e. The molecule has 1 unspecified atom stereocenters. The summed E-state index contributed by atoms with van der Waals surface area (Å²) >= 11 is 0. The van der Waals surface area contributed by atoms with Crippen molar-refractivity contribution in [1.29, 1.82) is 5.26 Å². The van der Waals surface area contributed by atoms with Gasteiger partial charge in [-0.3, -0.25) is 0 Å². The first-order chi connectivity index (χ1) is 8.59. The Balaban J connectivity index is 1.83. The van der Waals surface area contributed by atoms with Gasteiger partial charge in [-0.2, -0.15) is 5.26 Å². The molecular formula is C14H18N2O2. The largest absolute Gasteiger partial charge is 0.491 e. The number of aliphatic hydroxyl groups is 1. The van der Waals surface area contributed by atoms with Gasteiger partial charge in [0.15, 0.2) is 0 Å². The lowest BCUT2D eigenvalue weighted by Crippen LogP contribution is -2.43. The Bertz CT molecular complexity index is 447. The lowest BCUT2D eigenvalue weighted by atomic mass is 10.1.